The molecule has 0 bridgehead atoms. The number of aliphatic imine (C=N–C) groups is 1. The van der Waals surface area contributed by atoms with Gasteiger partial charge in [0.15, 0.2) is 5.96 Å². The molecule has 9 heteroatoms. The highest BCUT2D eigenvalue weighted by molar-refractivity contribution is 14.0. The normalized spacial score (nSPS) is 21.2. The molecule has 2 saturated heterocycles. The first kappa shape index (κ1) is 27.8. The Bertz CT molecular complexity index is 729. The second kappa shape index (κ2) is 13.4. The van der Waals surface area contributed by atoms with Gasteiger partial charge in [0.2, 0.25) is 0 Å². The van der Waals surface area contributed by atoms with Gasteiger partial charge in [0.25, 0.3) is 0 Å². The maximum Gasteiger partial charge on any atom is 0.410 e. The summed E-state index contributed by atoms with van der Waals surface area (Å²) in [5.41, 5.74) is -0.465. The van der Waals surface area contributed by atoms with E-state index in [4.69, 9.17) is 9.15 Å². The third-order valence-electron chi connectivity index (χ3n) is 6.12. The highest BCUT2D eigenvalue weighted by atomic mass is 127. The Morgan fingerprint density at radius 1 is 1.21 bits per heavy atom. The van der Waals surface area contributed by atoms with Crippen molar-refractivity contribution in [2.45, 2.75) is 64.5 Å². The maximum absolute atomic E-state index is 12.4. The number of carbonyl (C=O) groups is 1. The number of guanidine groups is 1. The molecule has 1 amide bonds. The molecular formula is C24H42IN5O3. The van der Waals surface area contributed by atoms with Gasteiger partial charge in [-0.2, -0.15) is 0 Å². The number of amides is 1. The van der Waals surface area contributed by atoms with Crippen LogP contribution in [-0.2, 0) is 4.74 Å². The zero-order valence-electron chi connectivity index (χ0n) is 20.6. The summed E-state index contributed by atoms with van der Waals surface area (Å²) >= 11 is 0. The van der Waals surface area contributed by atoms with Gasteiger partial charge in [-0.3, -0.25) is 9.89 Å². The quantitative estimate of drug-likeness (QED) is 0.300. The van der Waals surface area contributed by atoms with Crippen molar-refractivity contribution in [3.8, 4) is 0 Å². The topological polar surface area (TPSA) is 82.3 Å². The largest absolute Gasteiger partial charge is 0.468 e. The Hall–Kier alpha value is -1.49. The first-order valence-corrected chi connectivity index (χ1v) is 12.1. The molecule has 188 valence electrons. The van der Waals surface area contributed by atoms with Gasteiger partial charge < -0.3 is 24.7 Å². The van der Waals surface area contributed by atoms with Gasteiger partial charge >= 0.3 is 6.09 Å². The second-order valence-electron chi connectivity index (χ2n) is 9.90. The molecule has 8 nitrogen and oxygen atoms in total. The van der Waals surface area contributed by atoms with Crippen molar-refractivity contribution in [1.82, 2.24) is 20.4 Å². The van der Waals surface area contributed by atoms with Gasteiger partial charge in [0, 0.05) is 33.2 Å². The van der Waals surface area contributed by atoms with Crippen molar-refractivity contribution in [2.24, 2.45) is 10.9 Å². The SMILES string of the molecule is CN=C(NCC1CCCN(C(=O)OC(C)(C)C)C1)NCC(c1ccco1)N1CCCCC1.I. The molecule has 2 N–H and O–H groups in total. The fourth-order valence-corrected chi connectivity index (χ4v) is 4.50. The first-order chi connectivity index (χ1) is 15.4. The smallest absolute Gasteiger partial charge is 0.410 e. The van der Waals surface area contributed by atoms with Gasteiger partial charge in [0.1, 0.15) is 11.4 Å². The highest BCUT2D eigenvalue weighted by Gasteiger charge is 2.28. The second-order valence-corrected chi connectivity index (χ2v) is 9.90. The van der Waals surface area contributed by atoms with Crippen LogP contribution in [0.5, 0.6) is 0 Å². The Morgan fingerprint density at radius 3 is 2.61 bits per heavy atom. The molecule has 2 fully saturated rings. The van der Waals surface area contributed by atoms with Crippen LogP contribution < -0.4 is 10.6 Å². The summed E-state index contributed by atoms with van der Waals surface area (Å²) in [6.45, 7) is 10.9. The summed E-state index contributed by atoms with van der Waals surface area (Å²) in [7, 11) is 1.80. The Labute approximate surface area is 215 Å². The number of carbonyl (C=O) groups excluding carboxylic acids is 1. The molecule has 0 aromatic carbocycles. The van der Waals surface area contributed by atoms with E-state index >= 15 is 0 Å². The number of nitrogens with zero attached hydrogens (tertiary/aromatic N) is 3. The number of piperidine rings is 2. The fraction of sp³-hybridized carbons (Fsp3) is 0.750. The van der Waals surface area contributed by atoms with Gasteiger partial charge in [0.05, 0.1) is 12.3 Å². The van der Waals surface area contributed by atoms with Crippen LogP contribution in [0.2, 0.25) is 0 Å². The lowest BCUT2D eigenvalue weighted by atomic mass is 9.98. The summed E-state index contributed by atoms with van der Waals surface area (Å²) in [5, 5.41) is 6.95. The van der Waals surface area contributed by atoms with E-state index in [1.165, 1.54) is 19.3 Å². The van der Waals surface area contributed by atoms with Crippen LogP contribution in [-0.4, -0.2) is 73.8 Å². The van der Waals surface area contributed by atoms with E-state index in [0.29, 0.717) is 12.5 Å². The lowest BCUT2D eigenvalue weighted by molar-refractivity contribution is 0.0168. The minimum atomic E-state index is -0.465. The van der Waals surface area contributed by atoms with Crippen molar-refractivity contribution in [1.29, 1.82) is 0 Å². The van der Waals surface area contributed by atoms with Crippen LogP contribution in [0.3, 0.4) is 0 Å². The van der Waals surface area contributed by atoms with Crippen molar-refractivity contribution in [2.75, 3.05) is 46.3 Å². The van der Waals surface area contributed by atoms with E-state index in [9.17, 15) is 4.79 Å². The summed E-state index contributed by atoms with van der Waals surface area (Å²) in [4.78, 5) is 21.2. The van der Waals surface area contributed by atoms with Crippen LogP contribution in [0.15, 0.2) is 27.8 Å². The van der Waals surface area contributed by atoms with Gasteiger partial charge in [-0.05, 0) is 77.6 Å². The number of furan rings is 1. The zero-order valence-corrected chi connectivity index (χ0v) is 23.0. The Balaban J connectivity index is 0.00000385. The molecule has 0 aliphatic carbocycles. The molecule has 0 radical (unpaired) electrons. The molecule has 1 aromatic heterocycles. The lowest BCUT2D eigenvalue weighted by Gasteiger charge is -2.35. The molecule has 3 rings (SSSR count). The van der Waals surface area contributed by atoms with Crippen LogP contribution in [0.25, 0.3) is 0 Å². The van der Waals surface area contributed by atoms with E-state index in [1.54, 1.807) is 13.3 Å². The van der Waals surface area contributed by atoms with Crippen LogP contribution >= 0.6 is 24.0 Å². The number of rotatable bonds is 6. The fourth-order valence-electron chi connectivity index (χ4n) is 4.50. The predicted octanol–water partition coefficient (Wildman–Crippen LogP) is 4.24. The van der Waals surface area contributed by atoms with Crippen molar-refractivity contribution >= 4 is 36.0 Å². The minimum Gasteiger partial charge on any atom is -0.468 e. The van der Waals surface area contributed by atoms with E-state index in [0.717, 1.165) is 57.3 Å². The van der Waals surface area contributed by atoms with Gasteiger partial charge in [-0.25, -0.2) is 4.79 Å². The van der Waals surface area contributed by atoms with Gasteiger partial charge in [-0.15, -0.1) is 24.0 Å². The van der Waals surface area contributed by atoms with Crippen molar-refractivity contribution < 1.29 is 13.9 Å². The third-order valence-corrected chi connectivity index (χ3v) is 6.12. The zero-order chi connectivity index (χ0) is 23.0. The summed E-state index contributed by atoms with van der Waals surface area (Å²) in [6.07, 6.45) is 7.39. The van der Waals surface area contributed by atoms with E-state index in [1.807, 2.05) is 31.7 Å². The average molecular weight is 576 g/mol. The molecular weight excluding hydrogens is 533 g/mol. The van der Waals surface area contributed by atoms with Crippen molar-refractivity contribution in [3.05, 3.63) is 24.2 Å². The Morgan fingerprint density at radius 2 is 1.97 bits per heavy atom. The van der Waals surface area contributed by atoms with E-state index < -0.39 is 5.60 Å². The Kier molecular flexibility index (Phi) is 11.3. The summed E-state index contributed by atoms with van der Waals surface area (Å²) < 4.78 is 11.3. The van der Waals surface area contributed by atoms with E-state index in [2.05, 4.69) is 26.6 Å². The van der Waals surface area contributed by atoms with Gasteiger partial charge in [-0.1, -0.05) is 6.42 Å². The standard InChI is InChI=1S/C24H41N5O3.HI/c1-24(2,3)32-23(30)29-14-8-10-19(18-29)16-26-22(25-4)27-17-20(21-11-9-15-31-21)28-12-6-5-7-13-28;/h9,11,15,19-20H,5-8,10,12-14,16-18H2,1-4H3,(H2,25,26,27);1H. The third kappa shape index (κ3) is 8.99. The number of ether oxygens (including phenoxy) is 1. The molecule has 2 atom stereocenters. The van der Waals surface area contributed by atoms with Crippen LogP contribution in [0.1, 0.15) is 64.7 Å². The molecule has 3 heterocycles. The highest BCUT2D eigenvalue weighted by Crippen LogP contribution is 2.24. The van der Waals surface area contributed by atoms with Crippen LogP contribution in [0, 0.1) is 5.92 Å². The monoisotopic (exact) mass is 575 g/mol. The molecule has 33 heavy (non-hydrogen) atoms. The molecule has 2 unspecified atom stereocenters. The molecule has 1 aromatic rings. The molecule has 0 saturated carbocycles. The average Bonchev–Trinajstić information content (AvgIpc) is 3.30. The number of nitrogens with one attached hydrogen (secondary N) is 2. The molecule has 2 aliphatic heterocycles. The number of hydrogen-bond acceptors (Lipinski definition) is 5. The number of hydrogen-bond donors (Lipinski definition) is 2. The van der Waals surface area contributed by atoms with Crippen LogP contribution in [0.4, 0.5) is 4.79 Å². The lowest BCUT2D eigenvalue weighted by Crippen LogP contribution is -2.48. The summed E-state index contributed by atoms with van der Waals surface area (Å²) in [6, 6.07) is 4.21. The first-order valence-electron chi connectivity index (χ1n) is 12.1. The maximum atomic E-state index is 12.4. The summed E-state index contributed by atoms with van der Waals surface area (Å²) in [5.74, 6) is 2.15. The number of likely N-dealkylation sites (tertiary alicyclic amines) is 2. The minimum absolute atomic E-state index is 0. The molecule has 0 spiro atoms. The van der Waals surface area contributed by atoms with Crippen molar-refractivity contribution in [3.63, 3.8) is 0 Å². The number of halogens is 1. The molecule has 2 aliphatic rings. The predicted molar refractivity (Wildman–Crippen MR) is 142 cm³/mol. The van der Waals surface area contributed by atoms with E-state index in [-0.39, 0.29) is 36.1 Å².